The minimum atomic E-state index is -0.596. The van der Waals surface area contributed by atoms with E-state index in [0.717, 1.165) is 6.42 Å². The van der Waals surface area contributed by atoms with Gasteiger partial charge in [0.15, 0.2) is 0 Å². The van der Waals surface area contributed by atoms with Crippen molar-refractivity contribution in [3.63, 3.8) is 0 Å². The predicted octanol–water partition coefficient (Wildman–Crippen LogP) is 2.32. The lowest BCUT2D eigenvalue weighted by atomic mass is 9.84. The van der Waals surface area contributed by atoms with Gasteiger partial charge in [0.05, 0.1) is 18.7 Å². The van der Waals surface area contributed by atoms with Crippen LogP contribution in [0, 0.1) is 17.2 Å². The van der Waals surface area contributed by atoms with Crippen LogP contribution in [0.15, 0.2) is 12.2 Å². The Morgan fingerprint density at radius 2 is 2.41 bits per heavy atom. The van der Waals surface area contributed by atoms with Gasteiger partial charge in [-0.15, -0.1) is 11.8 Å². The van der Waals surface area contributed by atoms with Crippen LogP contribution in [0.4, 0.5) is 4.79 Å². The maximum atomic E-state index is 11.4. The molecule has 4 nitrogen and oxygen atoms in total. The Bertz CT molecular complexity index is 351. The molecule has 0 bridgehead atoms. The molecule has 94 valence electrons. The lowest BCUT2D eigenvalue weighted by molar-refractivity contribution is 0.148. The molecule has 0 fully saturated rings. The van der Waals surface area contributed by atoms with Crippen LogP contribution in [0.3, 0.4) is 0 Å². The minimum absolute atomic E-state index is 0.294. The molecule has 0 spiro atoms. The Kier molecular flexibility index (Phi) is 4.88. The number of nitriles is 1. The molecule has 0 aliphatic heterocycles. The molecular formula is C12H18N2O2S. The predicted molar refractivity (Wildman–Crippen MR) is 68.7 cm³/mol. The topological polar surface area (TPSA) is 62.1 Å². The highest BCUT2D eigenvalue weighted by atomic mass is 32.2. The van der Waals surface area contributed by atoms with E-state index in [9.17, 15) is 10.1 Å². The van der Waals surface area contributed by atoms with Crippen molar-refractivity contribution in [3.8, 4) is 6.07 Å². The number of nitrogens with zero attached hydrogens (tertiary/aromatic N) is 1. The standard InChI is InChI=1S/C12H18N2O2S/c1-4-16-11(15)14-10-6-5-9(2)7-12(10,8-13)17-3/h5-6,9-10H,4,7H2,1-3H3,(H,14,15)/t9-,10+,12+/m0/s1. The highest BCUT2D eigenvalue weighted by molar-refractivity contribution is 8.00. The molecular weight excluding hydrogens is 236 g/mol. The largest absolute Gasteiger partial charge is 0.450 e. The molecule has 1 aliphatic rings. The monoisotopic (exact) mass is 254 g/mol. The normalized spacial score (nSPS) is 31.6. The second-order valence-corrected chi connectivity index (χ2v) is 5.25. The van der Waals surface area contributed by atoms with Gasteiger partial charge in [0, 0.05) is 0 Å². The molecule has 0 unspecified atom stereocenters. The van der Waals surface area contributed by atoms with Crippen LogP contribution in [0.5, 0.6) is 0 Å². The molecule has 0 saturated carbocycles. The number of ether oxygens (including phenoxy) is 1. The van der Waals surface area contributed by atoms with Gasteiger partial charge in [-0.1, -0.05) is 19.1 Å². The van der Waals surface area contributed by atoms with E-state index in [0.29, 0.717) is 12.5 Å². The molecule has 3 atom stereocenters. The molecule has 5 heteroatoms. The number of thioether (sulfide) groups is 1. The number of rotatable bonds is 3. The summed E-state index contributed by atoms with van der Waals surface area (Å²) >= 11 is 1.48. The van der Waals surface area contributed by atoms with Gasteiger partial charge in [-0.2, -0.15) is 5.26 Å². The number of hydrogen-bond donors (Lipinski definition) is 1. The Hall–Kier alpha value is -1.15. The van der Waals surface area contributed by atoms with E-state index >= 15 is 0 Å². The summed E-state index contributed by atoms with van der Waals surface area (Å²) < 4.78 is 4.25. The Balaban J connectivity index is 2.83. The molecule has 17 heavy (non-hydrogen) atoms. The van der Waals surface area contributed by atoms with Crippen molar-refractivity contribution in [2.24, 2.45) is 5.92 Å². The number of alkyl carbamates (subject to hydrolysis) is 1. The first-order valence-electron chi connectivity index (χ1n) is 5.66. The molecule has 0 aromatic rings. The van der Waals surface area contributed by atoms with Crippen LogP contribution in [0.25, 0.3) is 0 Å². The van der Waals surface area contributed by atoms with Crippen molar-refractivity contribution >= 4 is 17.9 Å². The van der Waals surface area contributed by atoms with Gasteiger partial charge >= 0.3 is 6.09 Å². The zero-order chi connectivity index (χ0) is 12.9. The quantitative estimate of drug-likeness (QED) is 0.785. The van der Waals surface area contributed by atoms with E-state index in [1.807, 2.05) is 18.4 Å². The maximum absolute atomic E-state index is 11.4. The molecule has 0 radical (unpaired) electrons. The zero-order valence-electron chi connectivity index (χ0n) is 10.4. The van der Waals surface area contributed by atoms with Crippen LogP contribution >= 0.6 is 11.8 Å². The average Bonchev–Trinajstić information content (AvgIpc) is 2.32. The van der Waals surface area contributed by atoms with Crippen molar-refractivity contribution < 1.29 is 9.53 Å². The van der Waals surface area contributed by atoms with E-state index in [1.165, 1.54) is 11.8 Å². The lowest BCUT2D eigenvalue weighted by Crippen LogP contribution is -2.51. The molecule has 0 aromatic heterocycles. The third-order valence-corrected chi connectivity index (χ3v) is 4.10. The number of allylic oxidation sites excluding steroid dienone is 1. The van der Waals surface area contributed by atoms with Crippen LogP contribution < -0.4 is 5.32 Å². The zero-order valence-corrected chi connectivity index (χ0v) is 11.2. The Labute approximate surface area is 106 Å². The van der Waals surface area contributed by atoms with E-state index in [1.54, 1.807) is 6.92 Å². The van der Waals surface area contributed by atoms with E-state index in [-0.39, 0.29) is 6.04 Å². The Morgan fingerprint density at radius 1 is 1.71 bits per heavy atom. The van der Waals surface area contributed by atoms with Crippen LogP contribution in [-0.2, 0) is 4.74 Å². The third kappa shape index (κ3) is 3.16. The van der Waals surface area contributed by atoms with Crippen molar-refractivity contribution in [3.05, 3.63) is 12.2 Å². The number of carbonyl (C=O) groups is 1. The summed E-state index contributed by atoms with van der Waals surface area (Å²) in [6.07, 6.45) is 6.09. The highest BCUT2D eigenvalue weighted by Gasteiger charge is 2.41. The fourth-order valence-electron chi connectivity index (χ4n) is 1.97. The minimum Gasteiger partial charge on any atom is -0.450 e. The fraction of sp³-hybridized carbons (Fsp3) is 0.667. The van der Waals surface area contributed by atoms with Gasteiger partial charge in [-0.05, 0) is 25.5 Å². The lowest BCUT2D eigenvalue weighted by Gasteiger charge is -2.36. The number of nitrogens with one attached hydrogen (secondary N) is 1. The highest BCUT2D eigenvalue weighted by Crippen LogP contribution is 2.37. The van der Waals surface area contributed by atoms with Crippen LogP contribution in [0.2, 0.25) is 0 Å². The molecule has 1 aliphatic carbocycles. The molecule has 0 aromatic carbocycles. The fourth-order valence-corrected chi connectivity index (χ4v) is 2.88. The first-order chi connectivity index (χ1) is 8.07. The summed E-state index contributed by atoms with van der Waals surface area (Å²) in [5.41, 5.74) is 0. The van der Waals surface area contributed by atoms with Gasteiger partial charge in [-0.3, -0.25) is 0 Å². The number of carbonyl (C=O) groups excluding carboxylic acids is 1. The van der Waals surface area contributed by atoms with Crippen molar-refractivity contribution in [1.29, 1.82) is 5.26 Å². The van der Waals surface area contributed by atoms with Gasteiger partial charge < -0.3 is 10.1 Å². The van der Waals surface area contributed by atoms with Crippen molar-refractivity contribution in [2.75, 3.05) is 12.9 Å². The van der Waals surface area contributed by atoms with Crippen molar-refractivity contribution in [2.45, 2.75) is 31.1 Å². The Morgan fingerprint density at radius 3 is 2.94 bits per heavy atom. The summed E-state index contributed by atoms with van der Waals surface area (Å²) in [6, 6.07) is 2.04. The maximum Gasteiger partial charge on any atom is 0.407 e. The van der Waals surface area contributed by atoms with Gasteiger partial charge in [0.1, 0.15) is 4.75 Å². The average molecular weight is 254 g/mol. The van der Waals surface area contributed by atoms with E-state index in [4.69, 9.17) is 4.74 Å². The van der Waals surface area contributed by atoms with Crippen LogP contribution in [-0.4, -0.2) is 29.7 Å². The summed E-state index contributed by atoms with van der Waals surface area (Å²) in [5.74, 6) is 0.349. The molecule has 1 amide bonds. The van der Waals surface area contributed by atoms with Gasteiger partial charge in [0.25, 0.3) is 0 Å². The summed E-state index contributed by atoms with van der Waals surface area (Å²) in [4.78, 5) is 11.4. The number of amides is 1. The SMILES string of the molecule is CCOC(=O)N[C@@H]1C=C[C@H](C)C[C@]1(C#N)SC. The molecule has 1 rings (SSSR count). The first-order valence-corrected chi connectivity index (χ1v) is 6.88. The summed E-state index contributed by atoms with van der Waals surface area (Å²) in [7, 11) is 0. The molecule has 1 N–H and O–H groups in total. The summed E-state index contributed by atoms with van der Waals surface area (Å²) in [6.45, 7) is 4.15. The molecule has 0 saturated heterocycles. The van der Waals surface area contributed by atoms with Gasteiger partial charge in [-0.25, -0.2) is 4.79 Å². The first kappa shape index (κ1) is 13.9. The second-order valence-electron chi connectivity index (χ2n) is 4.11. The third-order valence-electron chi connectivity index (χ3n) is 2.86. The summed E-state index contributed by atoms with van der Waals surface area (Å²) in [5, 5.41) is 12.1. The van der Waals surface area contributed by atoms with Crippen molar-refractivity contribution in [1.82, 2.24) is 5.32 Å². The van der Waals surface area contributed by atoms with E-state index < -0.39 is 10.8 Å². The number of hydrogen-bond acceptors (Lipinski definition) is 4. The van der Waals surface area contributed by atoms with Gasteiger partial charge in [0.2, 0.25) is 0 Å². The van der Waals surface area contributed by atoms with Crippen LogP contribution in [0.1, 0.15) is 20.3 Å². The molecule has 0 heterocycles. The second kappa shape index (κ2) is 5.97. The smallest absolute Gasteiger partial charge is 0.407 e. The van der Waals surface area contributed by atoms with E-state index in [2.05, 4.69) is 18.3 Å².